The van der Waals surface area contributed by atoms with Gasteiger partial charge in [0.15, 0.2) is 0 Å². The van der Waals surface area contributed by atoms with Gasteiger partial charge in [0, 0.05) is 17.6 Å². The van der Waals surface area contributed by atoms with Crippen LogP contribution in [0.1, 0.15) is 30.1 Å². The first-order chi connectivity index (χ1) is 8.09. The van der Waals surface area contributed by atoms with Crippen LogP contribution in [0.5, 0.6) is 0 Å². The predicted molar refractivity (Wildman–Crippen MR) is 72.9 cm³/mol. The van der Waals surface area contributed by atoms with E-state index in [1.165, 1.54) is 6.42 Å². The third-order valence-electron chi connectivity index (χ3n) is 3.23. The van der Waals surface area contributed by atoms with E-state index < -0.39 is 0 Å². The van der Waals surface area contributed by atoms with E-state index in [9.17, 15) is 4.79 Å². The van der Waals surface area contributed by atoms with Crippen molar-refractivity contribution >= 4 is 27.5 Å². The molecular formula is C13H17BrN2O. The summed E-state index contributed by atoms with van der Waals surface area (Å²) >= 11 is 3.35. The maximum atomic E-state index is 12.3. The summed E-state index contributed by atoms with van der Waals surface area (Å²) in [4.78, 5) is 14.3. The number of likely N-dealkylation sites (tertiary alicyclic amines) is 1. The molecule has 1 aliphatic rings. The van der Waals surface area contributed by atoms with Gasteiger partial charge in [-0.05, 0) is 46.8 Å². The van der Waals surface area contributed by atoms with E-state index in [4.69, 9.17) is 5.73 Å². The number of rotatable bonds is 1. The van der Waals surface area contributed by atoms with Crippen molar-refractivity contribution in [2.75, 3.05) is 18.8 Å². The molecule has 1 amide bonds. The van der Waals surface area contributed by atoms with Gasteiger partial charge in [0.1, 0.15) is 0 Å². The second-order valence-corrected chi connectivity index (χ2v) is 5.55. The summed E-state index contributed by atoms with van der Waals surface area (Å²) in [6, 6.07) is 5.49. The molecule has 4 heteroatoms. The molecule has 1 aromatic carbocycles. The van der Waals surface area contributed by atoms with Crippen molar-refractivity contribution in [2.45, 2.75) is 19.8 Å². The maximum Gasteiger partial charge on any atom is 0.255 e. The molecule has 2 N–H and O–H groups in total. The zero-order valence-electron chi connectivity index (χ0n) is 9.95. The van der Waals surface area contributed by atoms with Gasteiger partial charge in [-0.1, -0.05) is 13.0 Å². The molecule has 0 aromatic heterocycles. The van der Waals surface area contributed by atoms with Crippen molar-refractivity contribution in [3.05, 3.63) is 28.2 Å². The van der Waals surface area contributed by atoms with Gasteiger partial charge in [-0.15, -0.1) is 0 Å². The lowest BCUT2D eigenvalue weighted by Gasteiger charge is -2.31. The van der Waals surface area contributed by atoms with Gasteiger partial charge in [-0.25, -0.2) is 0 Å². The van der Waals surface area contributed by atoms with Crippen LogP contribution >= 0.6 is 15.9 Å². The molecule has 1 fully saturated rings. The fourth-order valence-electron chi connectivity index (χ4n) is 2.27. The molecule has 1 unspecified atom stereocenters. The lowest BCUT2D eigenvalue weighted by Crippen LogP contribution is -2.39. The quantitative estimate of drug-likeness (QED) is 0.810. The number of hydrogen-bond donors (Lipinski definition) is 1. The number of nitrogens with zero attached hydrogens (tertiary/aromatic N) is 1. The lowest BCUT2D eigenvalue weighted by molar-refractivity contribution is 0.0684. The summed E-state index contributed by atoms with van der Waals surface area (Å²) in [5.41, 5.74) is 7.07. The zero-order valence-corrected chi connectivity index (χ0v) is 11.5. The Morgan fingerprint density at radius 2 is 2.29 bits per heavy atom. The molecule has 0 bridgehead atoms. The second kappa shape index (κ2) is 5.08. The fraction of sp³-hybridized carbons (Fsp3) is 0.462. The highest BCUT2D eigenvalue weighted by Crippen LogP contribution is 2.25. The van der Waals surface area contributed by atoms with Crippen LogP contribution in [0.4, 0.5) is 5.69 Å². The number of carbonyl (C=O) groups excluding carboxylic acids is 1. The van der Waals surface area contributed by atoms with Crippen molar-refractivity contribution in [1.82, 2.24) is 4.90 Å². The van der Waals surface area contributed by atoms with Crippen molar-refractivity contribution in [2.24, 2.45) is 5.92 Å². The number of piperidine rings is 1. The highest BCUT2D eigenvalue weighted by atomic mass is 79.9. The van der Waals surface area contributed by atoms with E-state index in [0.29, 0.717) is 17.2 Å². The van der Waals surface area contributed by atoms with E-state index in [-0.39, 0.29) is 5.91 Å². The third kappa shape index (κ3) is 2.63. The molecule has 3 nitrogen and oxygen atoms in total. The standard InChI is InChI=1S/C13H17BrN2O/c1-9-4-3-7-16(8-9)13(17)10-5-2-6-11(14)12(10)15/h2,5-6,9H,3-4,7-8,15H2,1H3. The summed E-state index contributed by atoms with van der Waals surface area (Å²) in [6.45, 7) is 3.86. The molecule has 0 spiro atoms. The number of carbonyl (C=O) groups is 1. The van der Waals surface area contributed by atoms with Gasteiger partial charge < -0.3 is 10.6 Å². The van der Waals surface area contributed by atoms with E-state index in [1.54, 1.807) is 6.07 Å². The number of nitrogens with two attached hydrogens (primary N) is 1. The number of benzene rings is 1. The Labute approximate surface area is 110 Å². The number of amides is 1. The minimum atomic E-state index is 0.0513. The van der Waals surface area contributed by atoms with Crippen LogP contribution in [0.15, 0.2) is 22.7 Å². The van der Waals surface area contributed by atoms with Crippen LogP contribution in [0, 0.1) is 5.92 Å². The Balaban J connectivity index is 2.22. The van der Waals surface area contributed by atoms with Gasteiger partial charge in [-0.3, -0.25) is 4.79 Å². The second-order valence-electron chi connectivity index (χ2n) is 4.70. The molecular weight excluding hydrogens is 280 g/mol. The number of nitrogen functional groups attached to an aromatic ring is 1. The smallest absolute Gasteiger partial charge is 0.255 e. The average Bonchev–Trinajstić information content (AvgIpc) is 2.32. The SMILES string of the molecule is CC1CCCN(C(=O)c2cccc(Br)c2N)C1. The monoisotopic (exact) mass is 296 g/mol. The van der Waals surface area contributed by atoms with Crippen LogP contribution in [0.3, 0.4) is 0 Å². The third-order valence-corrected chi connectivity index (χ3v) is 3.92. The zero-order chi connectivity index (χ0) is 12.4. The minimum Gasteiger partial charge on any atom is -0.397 e. The molecule has 1 saturated heterocycles. The van der Waals surface area contributed by atoms with Crippen LogP contribution < -0.4 is 5.73 Å². The predicted octanol–water partition coefficient (Wildman–Crippen LogP) is 2.90. The van der Waals surface area contributed by atoms with E-state index in [2.05, 4.69) is 22.9 Å². The first-order valence-electron chi connectivity index (χ1n) is 5.93. The molecule has 17 heavy (non-hydrogen) atoms. The van der Waals surface area contributed by atoms with Crippen LogP contribution in [0.2, 0.25) is 0 Å². The Hall–Kier alpha value is -1.03. The highest BCUT2D eigenvalue weighted by Gasteiger charge is 2.23. The molecule has 0 radical (unpaired) electrons. The first-order valence-corrected chi connectivity index (χ1v) is 6.72. The lowest BCUT2D eigenvalue weighted by atomic mass is 9.99. The summed E-state index contributed by atoms with van der Waals surface area (Å²) < 4.78 is 0.786. The van der Waals surface area contributed by atoms with Gasteiger partial charge in [0.05, 0.1) is 11.3 Å². The van der Waals surface area contributed by atoms with E-state index in [0.717, 1.165) is 24.0 Å². The Morgan fingerprint density at radius 1 is 1.53 bits per heavy atom. The van der Waals surface area contributed by atoms with E-state index in [1.807, 2.05) is 17.0 Å². The van der Waals surface area contributed by atoms with Crippen molar-refractivity contribution < 1.29 is 4.79 Å². The van der Waals surface area contributed by atoms with Gasteiger partial charge in [0.25, 0.3) is 5.91 Å². The largest absolute Gasteiger partial charge is 0.397 e. The number of hydrogen-bond acceptors (Lipinski definition) is 2. The molecule has 2 rings (SSSR count). The van der Waals surface area contributed by atoms with Gasteiger partial charge >= 0.3 is 0 Å². The molecule has 1 aliphatic heterocycles. The van der Waals surface area contributed by atoms with E-state index >= 15 is 0 Å². The normalized spacial score (nSPS) is 20.4. The van der Waals surface area contributed by atoms with Crippen molar-refractivity contribution in [3.8, 4) is 0 Å². The molecule has 92 valence electrons. The Kier molecular flexibility index (Phi) is 3.72. The summed E-state index contributed by atoms with van der Waals surface area (Å²) in [7, 11) is 0. The summed E-state index contributed by atoms with van der Waals surface area (Å²) in [5.74, 6) is 0.636. The van der Waals surface area contributed by atoms with Crippen molar-refractivity contribution in [3.63, 3.8) is 0 Å². The summed E-state index contributed by atoms with van der Waals surface area (Å²) in [5, 5.41) is 0. The highest BCUT2D eigenvalue weighted by molar-refractivity contribution is 9.10. The van der Waals surface area contributed by atoms with Crippen molar-refractivity contribution in [1.29, 1.82) is 0 Å². The molecule has 1 aromatic rings. The number of halogens is 1. The summed E-state index contributed by atoms with van der Waals surface area (Å²) in [6.07, 6.45) is 2.29. The number of para-hydroxylation sites is 1. The molecule has 1 heterocycles. The van der Waals surface area contributed by atoms with Crippen LogP contribution in [0.25, 0.3) is 0 Å². The van der Waals surface area contributed by atoms with Crippen LogP contribution in [-0.4, -0.2) is 23.9 Å². The van der Waals surface area contributed by atoms with Gasteiger partial charge in [-0.2, -0.15) is 0 Å². The Bertz CT molecular complexity index is 433. The van der Waals surface area contributed by atoms with Gasteiger partial charge in [0.2, 0.25) is 0 Å². The molecule has 1 atom stereocenters. The molecule has 0 saturated carbocycles. The first kappa shape index (κ1) is 12.4. The maximum absolute atomic E-state index is 12.3. The Morgan fingerprint density at radius 3 is 3.00 bits per heavy atom. The number of anilines is 1. The average molecular weight is 297 g/mol. The minimum absolute atomic E-state index is 0.0513. The molecule has 0 aliphatic carbocycles. The topological polar surface area (TPSA) is 46.3 Å². The van der Waals surface area contributed by atoms with Crippen LogP contribution in [-0.2, 0) is 0 Å². The fourth-order valence-corrected chi connectivity index (χ4v) is 2.63.